The van der Waals surface area contributed by atoms with Crippen molar-refractivity contribution in [1.29, 1.82) is 0 Å². The van der Waals surface area contributed by atoms with Gasteiger partial charge < -0.3 is 15.6 Å². The summed E-state index contributed by atoms with van der Waals surface area (Å²) < 4.78 is 43.8. The minimum absolute atomic E-state index is 0.0454. The Bertz CT molecular complexity index is 1910. The Labute approximate surface area is 258 Å². The molecule has 2 amide bonds. The van der Waals surface area contributed by atoms with E-state index >= 15 is 0 Å². The number of benzene rings is 2. The zero-order chi connectivity index (χ0) is 32.2. The summed E-state index contributed by atoms with van der Waals surface area (Å²) in [6.07, 6.45) is 5.16. The van der Waals surface area contributed by atoms with Crippen LogP contribution in [0.1, 0.15) is 64.3 Å². The molecule has 3 N–H and O–H groups in total. The van der Waals surface area contributed by atoms with Gasteiger partial charge in [0.15, 0.2) is 5.78 Å². The molecule has 0 radical (unpaired) electrons. The molecule has 2 heterocycles. The molecule has 1 unspecified atom stereocenters. The van der Waals surface area contributed by atoms with Crippen LogP contribution in [-0.2, 0) is 17.8 Å². The van der Waals surface area contributed by atoms with Gasteiger partial charge in [0.2, 0.25) is 5.91 Å². The Hall–Kier alpha value is -5.25. The molecule has 230 valence electrons. The molecule has 2 aromatic carbocycles. The summed E-state index contributed by atoms with van der Waals surface area (Å²) in [5, 5.41) is 3.81. The number of nitrogens with one attached hydrogen (secondary N) is 1. The number of carbonyl (C=O) groups is 3. The SMILES string of the molecule is C=C(F)C=C(F)C=C(C)CC(NC(=O)Cn1c2c(c3ccccc31)C(=O)CCC2)c1ncccc1-c1ccc(F)c(C(N)=O)c1. The van der Waals surface area contributed by atoms with E-state index in [0.29, 0.717) is 53.3 Å². The van der Waals surface area contributed by atoms with Crippen molar-refractivity contribution in [3.63, 3.8) is 0 Å². The fourth-order valence-corrected chi connectivity index (χ4v) is 5.88. The number of rotatable bonds is 10. The summed E-state index contributed by atoms with van der Waals surface area (Å²) in [6, 6.07) is 13.9. The molecule has 2 aromatic heterocycles. The van der Waals surface area contributed by atoms with Crippen molar-refractivity contribution in [2.75, 3.05) is 0 Å². The number of carbonyl (C=O) groups excluding carboxylic acids is 3. The minimum Gasteiger partial charge on any atom is -0.366 e. The summed E-state index contributed by atoms with van der Waals surface area (Å²) in [4.78, 5) is 43.0. The summed E-state index contributed by atoms with van der Waals surface area (Å²) in [7, 11) is 0. The average molecular weight is 613 g/mol. The first-order valence-corrected chi connectivity index (χ1v) is 14.4. The fourth-order valence-electron chi connectivity index (χ4n) is 5.88. The molecule has 10 heteroatoms. The number of fused-ring (bicyclic) bond motifs is 3. The van der Waals surface area contributed by atoms with Gasteiger partial charge in [0.05, 0.1) is 17.3 Å². The van der Waals surface area contributed by atoms with Crippen molar-refractivity contribution in [2.45, 2.75) is 45.2 Å². The highest BCUT2D eigenvalue weighted by Gasteiger charge is 2.28. The van der Waals surface area contributed by atoms with Crippen molar-refractivity contribution in [3.8, 4) is 11.1 Å². The van der Waals surface area contributed by atoms with E-state index in [9.17, 15) is 27.6 Å². The number of pyridine rings is 1. The van der Waals surface area contributed by atoms with E-state index in [4.69, 9.17) is 5.73 Å². The third-order valence-electron chi connectivity index (χ3n) is 7.73. The van der Waals surface area contributed by atoms with Crippen molar-refractivity contribution < 1.29 is 27.6 Å². The third-order valence-corrected chi connectivity index (χ3v) is 7.73. The lowest BCUT2D eigenvalue weighted by Crippen LogP contribution is -2.33. The van der Waals surface area contributed by atoms with Gasteiger partial charge in [-0.05, 0) is 62.1 Å². The van der Waals surface area contributed by atoms with Crippen LogP contribution in [0.3, 0.4) is 0 Å². The topological polar surface area (TPSA) is 107 Å². The van der Waals surface area contributed by atoms with Crippen molar-refractivity contribution in [1.82, 2.24) is 14.9 Å². The van der Waals surface area contributed by atoms with Crippen LogP contribution in [0.2, 0.25) is 0 Å². The van der Waals surface area contributed by atoms with E-state index in [1.807, 2.05) is 28.8 Å². The Morgan fingerprint density at radius 1 is 1.11 bits per heavy atom. The Kier molecular flexibility index (Phi) is 9.13. The number of amides is 2. The average Bonchev–Trinajstić information content (AvgIpc) is 3.30. The maximum atomic E-state index is 14.4. The van der Waals surface area contributed by atoms with Crippen LogP contribution >= 0.6 is 0 Å². The van der Waals surface area contributed by atoms with E-state index in [1.165, 1.54) is 18.3 Å². The van der Waals surface area contributed by atoms with Crippen LogP contribution in [0.5, 0.6) is 0 Å². The van der Waals surface area contributed by atoms with Crippen molar-refractivity contribution in [3.05, 3.63) is 125 Å². The van der Waals surface area contributed by atoms with Crippen LogP contribution in [0, 0.1) is 5.82 Å². The number of hydrogen-bond acceptors (Lipinski definition) is 4. The van der Waals surface area contributed by atoms with Gasteiger partial charge in [-0.3, -0.25) is 19.4 Å². The van der Waals surface area contributed by atoms with Gasteiger partial charge in [-0.2, -0.15) is 0 Å². The van der Waals surface area contributed by atoms with Crippen molar-refractivity contribution in [2.24, 2.45) is 5.73 Å². The maximum absolute atomic E-state index is 14.4. The van der Waals surface area contributed by atoms with Gasteiger partial charge in [-0.25, -0.2) is 13.2 Å². The molecule has 1 atom stereocenters. The molecule has 45 heavy (non-hydrogen) atoms. The highest BCUT2D eigenvalue weighted by molar-refractivity contribution is 6.10. The van der Waals surface area contributed by atoms with Crippen molar-refractivity contribution >= 4 is 28.5 Å². The standard InChI is InChI=1S/C35H31F3N4O3/c1-20(15-23(37)17-21(2)36)16-28(34-24(8-6-14-40-34)22-12-13-27(38)26(18-22)35(39)45)41-32(44)19-42-29-9-4-3-7-25(29)33-30(42)10-5-11-31(33)43/h3-4,6-9,12-15,17-18,28H,2,5,10-11,16,19H2,1H3,(H2,39,45)(H,41,44). The van der Waals surface area contributed by atoms with Crippen LogP contribution in [0.15, 0.2) is 96.8 Å². The Morgan fingerprint density at radius 2 is 1.89 bits per heavy atom. The summed E-state index contributed by atoms with van der Waals surface area (Å²) in [5.74, 6) is -3.87. The molecule has 1 aliphatic carbocycles. The molecule has 1 aliphatic rings. The zero-order valence-electron chi connectivity index (χ0n) is 24.6. The number of nitrogens with zero attached hydrogens (tertiary/aromatic N) is 2. The Morgan fingerprint density at radius 3 is 2.64 bits per heavy atom. The second-order valence-electron chi connectivity index (χ2n) is 11.0. The molecule has 0 saturated heterocycles. The number of allylic oxidation sites excluding steroid dienone is 4. The first-order chi connectivity index (χ1) is 21.5. The largest absolute Gasteiger partial charge is 0.366 e. The number of Topliss-reactive ketones (excluding diaryl/α,β-unsaturated/α-hetero) is 1. The number of ketones is 1. The first-order valence-electron chi connectivity index (χ1n) is 14.4. The second kappa shape index (κ2) is 13.2. The molecule has 0 bridgehead atoms. The molecule has 7 nitrogen and oxygen atoms in total. The molecule has 0 saturated carbocycles. The molecular formula is C35H31F3N4O3. The van der Waals surface area contributed by atoms with Gasteiger partial charge in [-0.1, -0.05) is 42.5 Å². The number of aromatic nitrogens is 2. The van der Waals surface area contributed by atoms with Gasteiger partial charge in [0, 0.05) is 46.4 Å². The molecule has 4 aromatic rings. The summed E-state index contributed by atoms with van der Waals surface area (Å²) in [5.41, 5.74) is 9.02. The normalized spacial score (nSPS) is 14.3. The lowest BCUT2D eigenvalue weighted by molar-refractivity contribution is -0.122. The number of hydrogen-bond donors (Lipinski definition) is 2. The smallest absolute Gasteiger partial charge is 0.251 e. The quantitative estimate of drug-likeness (QED) is 0.188. The second-order valence-corrected chi connectivity index (χ2v) is 11.0. The van der Waals surface area contributed by atoms with E-state index in [2.05, 4.69) is 16.9 Å². The highest BCUT2D eigenvalue weighted by atomic mass is 19.1. The first kappa shape index (κ1) is 31.2. The number of para-hydroxylation sites is 1. The lowest BCUT2D eigenvalue weighted by atomic mass is 9.94. The molecule has 0 aliphatic heterocycles. The molecule has 0 spiro atoms. The van der Waals surface area contributed by atoms with Gasteiger partial charge >= 0.3 is 0 Å². The number of primary amides is 1. The summed E-state index contributed by atoms with van der Waals surface area (Å²) in [6.45, 7) is 4.58. The third kappa shape index (κ3) is 6.80. The highest BCUT2D eigenvalue weighted by Crippen LogP contribution is 2.34. The predicted octanol–water partition coefficient (Wildman–Crippen LogP) is 6.99. The number of nitrogens with two attached hydrogens (primary N) is 1. The van der Waals surface area contributed by atoms with E-state index in [1.54, 1.807) is 19.1 Å². The minimum atomic E-state index is -0.948. The fraction of sp³-hybridized carbons (Fsp3) is 0.200. The van der Waals surface area contributed by atoms with Gasteiger partial charge in [0.25, 0.3) is 5.91 Å². The number of halogens is 3. The Balaban J connectivity index is 1.54. The van der Waals surface area contributed by atoms with Crippen LogP contribution < -0.4 is 11.1 Å². The van der Waals surface area contributed by atoms with E-state index in [-0.39, 0.29) is 24.3 Å². The molecule has 5 rings (SSSR count). The maximum Gasteiger partial charge on any atom is 0.251 e. The van der Waals surface area contributed by atoms with Gasteiger partial charge in [0.1, 0.15) is 24.0 Å². The molecule has 0 fully saturated rings. The predicted molar refractivity (Wildman–Crippen MR) is 166 cm³/mol. The summed E-state index contributed by atoms with van der Waals surface area (Å²) >= 11 is 0. The lowest BCUT2D eigenvalue weighted by Gasteiger charge is -2.23. The monoisotopic (exact) mass is 612 g/mol. The van der Waals surface area contributed by atoms with Crippen LogP contribution in [-0.4, -0.2) is 27.1 Å². The van der Waals surface area contributed by atoms with Crippen LogP contribution in [0.25, 0.3) is 22.0 Å². The van der Waals surface area contributed by atoms with E-state index in [0.717, 1.165) is 28.7 Å². The molecular weight excluding hydrogens is 581 g/mol. The van der Waals surface area contributed by atoms with Gasteiger partial charge in [-0.15, -0.1) is 0 Å². The zero-order valence-corrected chi connectivity index (χ0v) is 24.6. The van der Waals surface area contributed by atoms with Crippen LogP contribution in [0.4, 0.5) is 13.2 Å². The van der Waals surface area contributed by atoms with E-state index < -0.39 is 35.3 Å².